The van der Waals surface area contributed by atoms with Gasteiger partial charge in [0.1, 0.15) is 11.3 Å². The topological polar surface area (TPSA) is 27.1 Å². The van der Waals surface area contributed by atoms with Crippen molar-refractivity contribution < 1.29 is 4.74 Å². The van der Waals surface area contributed by atoms with E-state index in [0.717, 1.165) is 45.2 Å². The fraction of sp³-hybridized carbons (Fsp3) is 0.0217. The molecule has 0 aliphatic carbocycles. The predicted octanol–water partition coefficient (Wildman–Crippen LogP) is 12.4. The molecule has 8 aromatic carbocycles. The fourth-order valence-electron chi connectivity index (χ4n) is 7.74. The maximum Gasteiger partial charge on any atom is 0.153 e. The Balaban J connectivity index is 1.23. The van der Waals surface area contributed by atoms with Gasteiger partial charge in [-0.2, -0.15) is 0 Å². The molecular weight excluding hydrogens is 597 g/mol. The SMILES string of the molecule is Cc1nc2cccc3c2n1-c1ccc(-c2ccc4c(-c5ccccc5)c5ccccc5c(-c5cccc(-c6ccccc6)c5)c4c2)cc1O3. The average Bonchev–Trinajstić information content (AvgIpc) is 3.51. The zero-order valence-corrected chi connectivity index (χ0v) is 26.9. The van der Waals surface area contributed by atoms with Crippen molar-refractivity contribution in [1.29, 1.82) is 0 Å². The van der Waals surface area contributed by atoms with Gasteiger partial charge in [0, 0.05) is 0 Å². The lowest BCUT2D eigenvalue weighted by molar-refractivity contribution is 0.475. The molecule has 0 spiro atoms. The van der Waals surface area contributed by atoms with Crippen LogP contribution in [-0.2, 0) is 0 Å². The van der Waals surface area contributed by atoms with Crippen molar-refractivity contribution in [3.05, 3.63) is 170 Å². The van der Waals surface area contributed by atoms with Gasteiger partial charge in [0.05, 0.1) is 11.2 Å². The van der Waals surface area contributed by atoms with Crippen LogP contribution in [0.1, 0.15) is 5.82 Å². The smallest absolute Gasteiger partial charge is 0.153 e. The quantitative estimate of drug-likeness (QED) is 0.182. The normalized spacial score (nSPS) is 11.9. The highest BCUT2D eigenvalue weighted by molar-refractivity contribution is 6.22. The van der Waals surface area contributed by atoms with Crippen molar-refractivity contribution in [3.63, 3.8) is 0 Å². The zero-order chi connectivity index (χ0) is 32.5. The summed E-state index contributed by atoms with van der Waals surface area (Å²) >= 11 is 0. The molecule has 1 aromatic heterocycles. The molecule has 3 nitrogen and oxygen atoms in total. The Morgan fingerprint density at radius 3 is 1.82 bits per heavy atom. The van der Waals surface area contributed by atoms with Crippen LogP contribution in [0.3, 0.4) is 0 Å². The van der Waals surface area contributed by atoms with Crippen LogP contribution >= 0.6 is 0 Å². The largest absolute Gasteiger partial charge is 0.453 e. The van der Waals surface area contributed by atoms with Gasteiger partial charge in [-0.05, 0) is 109 Å². The highest BCUT2D eigenvalue weighted by atomic mass is 16.5. The number of rotatable bonds is 4. The molecule has 1 aliphatic heterocycles. The van der Waals surface area contributed by atoms with Gasteiger partial charge >= 0.3 is 0 Å². The van der Waals surface area contributed by atoms with Crippen molar-refractivity contribution in [3.8, 4) is 61.7 Å². The van der Waals surface area contributed by atoms with Crippen LogP contribution in [0, 0.1) is 6.92 Å². The molecule has 0 saturated carbocycles. The standard InChI is InChI=1S/C46H30N2O/c1-29-47-40-20-11-21-42-46(40)48(29)41-25-23-34(28-43(41)49-42)33-22-24-38-39(27-33)45(35-17-10-16-32(26-35)30-12-4-2-5-13-30)37-19-9-8-18-36(37)44(38)31-14-6-3-7-15-31/h2-28H,1H3. The van der Waals surface area contributed by atoms with Gasteiger partial charge in [-0.3, -0.25) is 4.57 Å². The van der Waals surface area contributed by atoms with Crippen molar-refractivity contribution in [2.75, 3.05) is 0 Å². The lowest BCUT2D eigenvalue weighted by Gasteiger charge is -2.22. The summed E-state index contributed by atoms with van der Waals surface area (Å²) in [5.41, 5.74) is 12.5. The molecule has 2 heterocycles. The number of ether oxygens (including phenoxy) is 1. The van der Waals surface area contributed by atoms with Gasteiger partial charge in [-0.15, -0.1) is 0 Å². The molecule has 0 unspecified atom stereocenters. The van der Waals surface area contributed by atoms with Crippen molar-refractivity contribution >= 4 is 32.6 Å². The number of aryl methyl sites for hydroxylation is 1. The van der Waals surface area contributed by atoms with E-state index >= 15 is 0 Å². The Labute approximate surface area is 284 Å². The molecule has 0 atom stereocenters. The van der Waals surface area contributed by atoms with Gasteiger partial charge in [0.2, 0.25) is 0 Å². The van der Waals surface area contributed by atoms with E-state index in [1.54, 1.807) is 0 Å². The number of hydrogen-bond donors (Lipinski definition) is 0. The number of aromatic nitrogens is 2. The molecule has 0 saturated heterocycles. The first-order valence-corrected chi connectivity index (χ1v) is 16.7. The fourth-order valence-corrected chi connectivity index (χ4v) is 7.74. The lowest BCUT2D eigenvalue weighted by Crippen LogP contribution is -2.05. The first-order valence-electron chi connectivity index (χ1n) is 16.7. The Kier molecular flexibility index (Phi) is 6.09. The van der Waals surface area contributed by atoms with E-state index in [-0.39, 0.29) is 0 Å². The molecule has 9 aromatic rings. The molecule has 49 heavy (non-hydrogen) atoms. The molecule has 1 aliphatic rings. The number of fused-ring (bicyclic) bond motifs is 4. The third-order valence-electron chi connectivity index (χ3n) is 9.91. The van der Waals surface area contributed by atoms with Crippen LogP contribution in [0.2, 0.25) is 0 Å². The molecule has 230 valence electrons. The third-order valence-corrected chi connectivity index (χ3v) is 9.91. The van der Waals surface area contributed by atoms with Crippen LogP contribution in [0.25, 0.3) is 82.8 Å². The molecule has 0 fully saturated rings. The second kappa shape index (κ2) is 10.8. The van der Waals surface area contributed by atoms with Gasteiger partial charge in [-0.25, -0.2) is 4.98 Å². The van der Waals surface area contributed by atoms with Gasteiger partial charge in [0.15, 0.2) is 11.5 Å². The van der Waals surface area contributed by atoms with Crippen LogP contribution in [0.5, 0.6) is 11.5 Å². The van der Waals surface area contributed by atoms with Gasteiger partial charge in [-0.1, -0.05) is 127 Å². The number of nitrogens with zero attached hydrogens (tertiary/aromatic N) is 2. The lowest BCUT2D eigenvalue weighted by atomic mass is 9.84. The second-order valence-electron chi connectivity index (χ2n) is 12.8. The Hall–Kier alpha value is -6.45. The monoisotopic (exact) mass is 626 g/mol. The maximum absolute atomic E-state index is 6.53. The maximum atomic E-state index is 6.53. The summed E-state index contributed by atoms with van der Waals surface area (Å²) in [6, 6.07) is 58.8. The number of para-hydroxylation sites is 1. The van der Waals surface area contributed by atoms with Crippen LogP contribution in [0.15, 0.2) is 164 Å². The molecule has 3 heteroatoms. The first kappa shape index (κ1) is 27.6. The third kappa shape index (κ3) is 4.33. The predicted molar refractivity (Wildman–Crippen MR) is 203 cm³/mol. The highest BCUT2D eigenvalue weighted by Crippen LogP contribution is 2.47. The minimum absolute atomic E-state index is 0.831. The number of imidazole rings is 1. The summed E-state index contributed by atoms with van der Waals surface area (Å²) in [4.78, 5) is 4.80. The minimum Gasteiger partial charge on any atom is -0.453 e. The summed E-state index contributed by atoms with van der Waals surface area (Å²) in [5, 5.41) is 4.93. The second-order valence-corrected chi connectivity index (χ2v) is 12.8. The Bertz CT molecular complexity index is 2740. The molecular formula is C46H30N2O. The van der Waals surface area contributed by atoms with E-state index in [1.165, 1.54) is 54.9 Å². The van der Waals surface area contributed by atoms with Crippen LogP contribution in [0.4, 0.5) is 0 Å². The van der Waals surface area contributed by atoms with Gasteiger partial charge < -0.3 is 4.74 Å². The average molecular weight is 627 g/mol. The van der Waals surface area contributed by atoms with E-state index in [0.29, 0.717) is 0 Å². The van der Waals surface area contributed by atoms with E-state index < -0.39 is 0 Å². The summed E-state index contributed by atoms with van der Waals surface area (Å²) in [6.07, 6.45) is 0. The summed E-state index contributed by atoms with van der Waals surface area (Å²) in [7, 11) is 0. The van der Waals surface area contributed by atoms with E-state index in [1.807, 2.05) is 18.2 Å². The van der Waals surface area contributed by atoms with Crippen LogP contribution in [-0.4, -0.2) is 9.55 Å². The van der Waals surface area contributed by atoms with E-state index in [9.17, 15) is 0 Å². The molecule has 0 N–H and O–H groups in total. The molecule has 0 bridgehead atoms. The van der Waals surface area contributed by atoms with Crippen molar-refractivity contribution in [1.82, 2.24) is 9.55 Å². The highest BCUT2D eigenvalue weighted by Gasteiger charge is 2.24. The van der Waals surface area contributed by atoms with E-state index in [4.69, 9.17) is 9.72 Å². The summed E-state index contributed by atoms with van der Waals surface area (Å²) in [6.45, 7) is 2.05. The molecule has 10 rings (SSSR count). The zero-order valence-electron chi connectivity index (χ0n) is 26.9. The van der Waals surface area contributed by atoms with Crippen molar-refractivity contribution in [2.24, 2.45) is 0 Å². The number of benzene rings is 8. The summed E-state index contributed by atoms with van der Waals surface area (Å²) < 4.78 is 8.75. The Morgan fingerprint density at radius 1 is 0.429 bits per heavy atom. The van der Waals surface area contributed by atoms with Crippen molar-refractivity contribution in [2.45, 2.75) is 6.92 Å². The van der Waals surface area contributed by atoms with Crippen LogP contribution < -0.4 is 4.74 Å². The van der Waals surface area contributed by atoms with Gasteiger partial charge in [0.25, 0.3) is 0 Å². The first-order chi connectivity index (χ1) is 24.2. The number of hydrogen-bond acceptors (Lipinski definition) is 2. The molecule has 0 amide bonds. The summed E-state index contributed by atoms with van der Waals surface area (Å²) in [5.74, 6) is 2.62. The molecule has 0 radical (unpaired) electrons. The Morgan fingerprint density at radius 2 is 1.02 bits per heavy atom. The minimum atomic E-state index is 0.831. The van der Waals surface area contributed by atoms with E-state index in [2.05, 4.69) is 157 Å².